The molecule has 2 aliphatic rings. The third-order valence-corrected chi connectivity index (χ3v) is 4.68. The molecule has 1 heterocycles. The van der Waals surface area contributed by atoms with Crippen molar-refractivity contribution < 1.29 is 22.7 Å². The van der Waals surface area contributed by atoms with Gasteiger partial charge in [-0.2, -0.15) is 13.2 Å². The minimum Gasteiger partial charge on any atom is -0.467 e. The molecule has 1 fully saturated rings. The Bertz CT molecular complexity index is 886. The van der Waals surface area contributed by atoms with Gasteiger partial charge in [0, 0.05) is 12.5 Å². The number of rotatable bonds is 5. The van der Waals surface area contributed by atoms with E-state index in [0.29, 0.717) is 12.3 Å². The van der Waals surface area contributed by atoms with Crippen LogP contribution in [0.1, 0.15) is 29.5 Å². The van der Waals surface area contributed by atoms with Gasteiger partial charge < -0.3 is 10.1 Å². The van der Waals surface area contributed by atoms with E-state index in [-0.39, 0.29) is 23.0 Å². The fraction of sp³-hybridized carbons (Fsp3) is 0.286. The van der Waals surface area contributed by atoms with Crippen LogP contribution in [0.4, 0.5) is 13.2 Å². The molecule has 3 nitrogen and oxygen atoms in total. The second kappa shape index (κ2) is 6.76. The summed E-state index contributed by atoms with van der Waals surface area (Å²) in [4.78, 5) is 13.0. The van der Waals surface area contributed by atoms with Crippen LogP contribution in [0.5, 0.6) is 0 Å². The Labute approximate surface area is 154 Å². The topological polar surface area (TPSA) is 38.3 Å². The van der Waals surface area contributed by atoms with Crippen LogP contribution in [0.3, 0.4) is 0 Å². The molecule has 1 aliphatic heterocycles. The van der Waals surface area contributed by atoms with Crippen molar-refractivity contribution in [2.75, 3.05) is 0 Å². The molecule has 1 saturated carbocycles. The lowest BCUT2D eigenvalue weighted by molar-refractivity contribution is -0.137. The predicted octanol–water partition coefficient (Wildman–Crippen LogP) is 4.34. The van der Waals surface area contributed by atoms with Crippen LogP contribution in [0.25, 0.3) is 5.57 Å². The molecule has 140 valence electrons. The number of halogens is 3. The van der Waals surface area contributed by atoms with Crippen molar-refractivity contribution in [3.8, 4) is 0 Å². The summed E-state index contributed by atoms with van der Waals surface area (Å²) in [5.41, 5.74) is 0.590. The fourth-order valence-corrected chi connectivity index (χ4v) is 3.13. The van der Waals surface area contributed by atoms with Crippen molar-refractivity contribution in [2.24, 2.45) is 0 Å². The number of carbonyl (C=O) groups excluding carboxylic acids is 1. The first-order chi connectivity index (χ1) is 12.9. The fourth-order valence-electron chi connectivity index (χ4n) is 3.13. The molecule has 0 aromatic heterocycles. The average Bonchev–Trinajstić information content (AvgIpc) is 3.40. The van der Waals surface area contributed by atoms with E-state index in [0.717, 1.165) is 30.5 Å². The number of nitrogens with one attached hydrogen (secondary N) is 1. The van der Waals surface area contributed by atoms with Crippen molar-refractivity contribution in [3.05, 3.63) is 77.2 Å². The maximum Gasteiger partial charge on any atom is 0.416 e. The molecule has 1 unspecified atom stereocenters. The molecule has 27 heavy (non-hydrogen) atoms. The Morgan fingerprint density at radius 3 is 2.44 bits per heavy atom. The molecule has 0 bridgehead atoms. The van der Waals surface area contributed by atoms with E-state index in [4.69, 9.17) is 4.74 Å². The van der Waals surface area contributed by atoms with E-state index in [2.05, 4.69) is 5.32 Å². The monoisotopic (exact) mass is 373 g/mol. The first-order valence-corrected chi connectivity index (χ1v) is 8.85. The quantitative estimate of drug-likeness (QED) is 0.848. The molecule has 2 aromatic rings. The standard InChI is InChI=1S/C21H18F3NO2/c22-21(23,24)15-8-4-7-14(12-15)18-19(26)17(11-13-5-2-1-3-6-13)27-20(18)25-16-9-10-16/h1-8,12,16-17,25H,9-11H2. The molecular formula is C21H18F3NO2. The Balaban J connectivity index is 1.66. The molecule has 4 rings (SSSR count). The summed E-state index contributed by atoms with van der Waals surface area (Å²) in [5.74, 6) is 0.00378. The molecule has 1 atom stereocenters. The zero-order chi connectivity index (χ0) is 19.0. The zero-order valence-corrected chi connectivity index (χ0v) is 14.4. The van der Waals surface area contributed by atoms with Crippen molar-refractivity contribution in [1.29, 1.82) is 0 Å². The molecule has 0 saturated heterocycles. The number of alkyl halides is 3. The zero-order valence-electron chi connectivity index (χ0n) is 14.4. The molecule has 1 N–H and O–H groups in total. The van der Waals surface area contributed by atoms with Crippen LogP contribution in [-0.4, -0.2) is 17.9 Å². The number of hydrogen-bond donors (Lipinski definition) is 1. The van der Waals surface area contributed by atoms with Gasteiger partial charge in [0.15, 0.2) is 12.0 Å². The Morgan fingerprint density at radius 1 is 1.04 bits per heavy atom. The summed E-state index contributed by atoms with van der Waals surface area (Å²) in [6.45, 7) is 0. The van der Waals surface area contributed by atoms with Gasteiger partial charge in [-0.3, -0.25) is 4.79 Å². The summed E-state index contributed by atoms with van der Waals surface area (Å²) >= 11 is 0. The SMILES string of the molecule is O=C1C(c2cccc(C(F)(F)F)c2)=C(NC2CC2)OC1Cc1ccccc1. The van der Waals surface area contributed by atoms with E-state index >= 15 is 0 Å². The Morgan fingerprint density at radius 2 is 1.78 bits per heavy atom. The van der Waals surface area contributed by atoms with Gasteiger partial charge in [0.05, 0.1) is 11.1 Å². The van der Waals surface area contributed by atoms with Gasteiger partial charge in [-0.05, 0) is 36.1 Å². The third kappa shape index (κ3) is 3.84. The summed E-state index contributed by atoms with van der Waals surface area (Å²) in [6.07, 6.45) is -2.91. The van der Waals surface area contributed by atoms with Gasteiger partial charge in [0.1, 0.15) is 0 Å². The van der Waals surface area contributed by atoms with Crippen LogP contribution in [0, 0.1) is 0 Å². The molecule has 0 spiro atoms. The van der Waals surface area contributed by atoms with Crippen molar-refractivity contribution in [1.82, 2.24) is 5.32 Å². The first kappa shape index (κ1) is 17.6. The minimum absolute atomic E-state index is 0.203. The first-order valence-electron chi connectivity index (χ1n) is 8.85. The lowest BCUT2D eigenvalue weighted by Crippen LogP contribution is -2.22. The normalized spacial score (nSPS) is 20.0. The van der Waals surface area contributed by atoms with E-state index in [9.17, 15) is 18.0 Å². The smallest absolute Gasteiger partial charge is 0.416 e. The highest BCUT2D eigenvalue weighted by atomic mass is 19.4. The Kier molecular flexibility index (Phi) is 4.42. The van der Waals surface area contributed by atoms with Crippen LogP contribution in [0.2, 0.25) is 0 Å². The molecular weight excluding hydrogens is 355 g/mol. The molecule has 1 aliphatic carbocycles. The van der Waals surface area contributed by atoms with E-state index in [1.165, 1.54) is 12.1 Å². The number of ketones is 1. The van der Waals surface area contributed by atoms with Crippen molar-refractivity contribution >= 4 is 11.4 Å². The second-order valence-corrected chi connectivity index (χ2v) is 6.86. The molecule has 6 heteroatoms. The van der Waals surface area contributed by atoms with Gasteiger partial charge in [0.25, 0.3) is 0 Å². The second-order valence-electron chi connectivity index (χ2n) is 6.86. The number of benzene rings is 2. The Hall–Kier alpha value is -2.76. The molecule has 0 radical (unpaired) electrons. The number of ether oxygens (including phenoxy) is 1. The number of hydrogen-bond acceptors (Lipinski definition) is 3. The number of carbonyl (C=O) groups is 1. The highest BCUT2D eigenvalue weighted by Crippen LogP contribution is 2.36. The van der Waals surface area contributed by atoms with Crippen molar-refractivity contribution in [3.63, 3.8) is 0 Å². The van der Waals surface area contributed by atoms with Gasteiger partial charge in [-0.15, -0.1) is 0 Å². The highest BCUT2D eigenvalue weighted by Gasteiger charge is 2.39. The maximum absolute atomic E-state index is 13.1. The summed E-state index contributed by atoms with van der Waals surface area (Å²) in [6, 6.07) is 14.5. The van der Waals surface area contributed by atoms with E-state index in [1.54, 1.807) is 0 Å². The van der Waals surface area contributed by atoms with Gasteiger partial charge in [-0.1, -0.05) is 42.5 Å². The molecule has 2 aromatic carbocycles. The third-order valence-electron chi connectivity index (χ3n) is 4.68. The summed E-state index contributed by atoms with van der Waals surface area (Å²) < 4.78 is 45.1. The summed E-state index contributed by atoms with van der Waals surface area (Å²) in [5, 5.41) is 3.16. The maximum atomic E-state index is 13.1. The summed E-state index contributed by atoms with van der Waals surface area (Å²) in [7, 11) is 0. The predicted molar refractivity (Wildman–Crippen MR) is 94.5 cm³/mol. The number of Topliss-reactive ketones (excluding diaryl/α,β-unsaturated/α-hetero) is 1. The van der Waals surface area contributed by atoms with E-state index in [1.807, 2.05) is 30.3 Å². The van der Waals surface area contributed by atoms with Crippen molar-refractivity contribution in [2.45, 2.75) is 37.6 Å². The van der Waals surface area contributed by atoms with Crippen LogP contribution in [0.15, 0.2) is 60.5 Å². The molecule has 0 amide bonds. The highest BCUT2D eigenvalue weighted by molar-refractivity contribution is 6.25. The lowest BCUT2D eigenvalue weighted by atomic mass is 9.96. The van der Waals surface area contributed by atoms with Gasteiger partial charge >= 0.3 is 6.18 Å². The van der Waals surface area contributed by atoms with Crippen LogP contribution in [-0.2, 0) is 22.1 Å². The average molecular weight is 373 g/mol. The van der Waals surface area contributed by atoms with Gasteiger partial charge in [0.2, 0.25) is 5.78 Å². The lowest BCUT2D eigenvalue weighted by Gasteiger charge is -2.12. The van der Waals surface area contributed by atoms with Crippen LogP contribution < -0.4 is 5.32 Å². The van der Waals surface area contributed by atoms with Gasteiger partial charge in [-0.25, -0.2) is 0 Å². The van der Waals surface area contributed by atoms with E-state index < -0.39 is 17.8 Å². The largest absolute Gasteiger partial charge is 0.467 e. The minimum atomic E-state index is -4.47. The van der Waals surface area contributed by atoms with Crippen LogP contribution >= 0.6 is 0 Å².